The summed E-state index contributed by atoms with van der Waals surface area (Å²) in [7, 11) is 1.29. The Labute approximate surface area is 126 Å². The number of carbonyl (C=O) groups is 2. The fourth-order valence-electron chi connectivity index (χ4n) is 1.75. The van der Waals surface area contributed by atoms with Gasteiger partial charge in [-0.05, 0) is 31.2 Å². The van der Waals surface area contributed by atoms with Crippen molar-refractivity contribution < 1.29 is 14.3 Å². The highest BCUT2D eigenvalue weighted by atomic mass is 35.5. The number of hydrogen-bond donors (Lipinski definition) is 1. The van der Waals surface area contributed by atoms with E-state index in [0.29, 0.717) is 22.0 Å². The predicted molar refractivity (Wildman–Crippen MR) is 79.7 cm³/mol. The van der Waals surface area contributed by atoms with Crippen molar-refractivity contribution >= 4 is 29.2 Å². The molecule has 0 bridgehead atoms. The Morgan fingerprint density at radius 2 is 2.00 bits per heavy atom. The van der Waals surface area contributed by atoms with Crippen molar-refractivity contribution in [2.75, 3.05) is 12.4 Å². The molecule has 0 saturated carbocycles. The molecule has 1 amide bonds. The van der Waals surface area contributed by atoms with E-state index in [1.165, 1.54) is 19.4 Å². The van der Waals surface area contributed by atoms with E-state index in [2.05, 4.69) is 10.3 Å². The first-order chi connectivity index (χ1) is 10.0. The Morgan fingerprint density at radius 1 is 1.24 bits per heavy atom. The molecule has 0 fully saturated rings. The third kappa shape index (κ3) is 3.58. The molecule has 0 radical (unpaired) electrons. The van der Waals surface area contributed by atoms with Gasteiger partial charge in [-0.15, -0.1) is 0 Å². The highest BCUT2D eigenvalue weighted by Gasteiger charge is 2.15. The molecule has 5 nitrogen and oxygen atoms in total. The minimum atomic E-state index is -0.511. The Balaban J connectivity index is 2.28. The second kappa shape index (κ2) is 6.37. The number of hydrogen-bond acceptors (Lipinski definition) is 4. The summed E-state index contributed by atoms with van der Waals surface area (Å²) in [5.41, 5.74) is 1.91. The number of nitrogens with one attached hydrogen (secondary N) is 1. The van der Waals surface area contributed by atoms with Gasteiger partial charge in [0.1, 0.15) is 5.15 Å². The molecule has 0 aliphatic heterocycles. The van der Waals surface area contributed by atoms with E-state index in [9.17, 15) is 9.59 Å². The molecule has 1 N–H and O–H groups in total. The molecule has 2 rings (SSSR count). The monoisotopic (exact) mass is 304 g/mol. The van der Waals surface area contributed by atoms with Crippen molar-refractivity contribution in [3.63, 3.8) is 0 Å². The zero-order valence-corrected chi connectivity index (χ0v) is 12.3. The van der Waals surface area contributed by atoms with Gasteiger partial charge in [0, 0.05) is 6.20 Å². The van der Waals surface area contributed by atoms with Crippen LogP contribution in [0.15, 0.2) is 36.5 Å². The van der Waals surface area contributed by atoms with E-state index in [0.717, 1.165) is 5.56 Å². The van der Waals surface area contributed by atoms with Crippen LogP contribution in [0.5, 0.6) is 0 Å². The lowest BCUT2D eigenvalue weighted by molar-refractivity contribution is 0.0602. The molecule has 0 aliphatic rings. The molecule has 1 aromatic heterocycles. The average Bonchev–Trinajstić information content (AvgIpc) is 2.48. The second-order valence-electron chi connectivity index (χ2n) is 4.36. The SMILES string of the molecule is COC(=O)c1cc(C)ccc1NC(=O)c1ccc(Cl)nc1. The number of amides is 1. The molecule has 2 aromatic rings. The lowest BCUT2D eigenvalue weighted by Gasteiger charge is -2.10. The maximum absolute atomic E-state index is 12.1. The van der Waals surface area contributed by atoms with Gasteiger partial charge in [0.2, 0.25) is 0 Å². The Morgan fingerprint density at radius 3 is 2.62 bits per heavy atom. The van der Waals surface area contributed by atoms with Crippen LogP contribution in [0.1, 0.15) is 26.3 Å². The molecule has 21 heavy (non-hydrogen) atoms. The highest BCUT2D eigenvalue weighted by molar-refractivity contribution is 6.29. The average molecular weight is 305 g/mol. The van der Waals surface area contributed by atoms with Crippen LogP contribution in [0.4, 0.5) is 5.69 Å². The number of esters is 1. The summed E-state index contributed by atoms with van der Waals surface area (Å²) in [4.78, 5) is 27.7. The molecule has 0 aliphatic carbocycles. The Bertz CT molecular complexity index is 684. The van der Waals surface area contributed by atoms with Crippen LogP contribution in [0.25, 0.3) is 0 Å². The maximum Gasteiger partial charge on any atom is 0.339 e. The van der Waals surface area contributed by atoms with E-state index in [4.69, 9.17) is 16.3 Å². The minimum absolute atomic E-state index is 0.299. The van der Waals surface area contributed by atoms with Crippen LogP contribution >= 0.6 is 11.6 Å². The fourth-order valence-corrected chi connectivity index (χ4v) is 1.86. The molecule has 0 spiro atoms. The van der Waals surface area contributed by atoms with Gasteiger partial charge in [0.25, 0.3) is 5.91 Å². The summed E-state index contributed by atoms with van der Waals surface area (Å²) in [6, 6.07) is 8.18. The maximum atomic E-state index is 12.1. The first-order valence-electron chi connectivity index (χ1n) is 6.13. The van der Waals surface area contributed by atoms with Crippen LogP contribution in [-0.4, -0.2) is 24.0 Å². The van der Waals surface area contributed by atoms with Gasteiger partial charge in [-0.25, -0.2) is 9.78 Å². The normalized spacial score (nSPS) is 10.0. The number of pyridine rings is 1. The van der Waals surface area contributed by atoms with Gasteiger partial charge in [-0.3, -0.25) is 4.79 Å². The van der Waals surface area contributed by atoms with Crippen molar-refractivity contribution in [2.24, 2.45) is 0 Å². The summed E-state index contributed by atoms with van der Waals surface area (Å²) in [6.45, 7) is 1.85. The second-order valence-corrected chi connectivity index (χ2v) is 4.75. The predicted octanol–water partition coefficient (Wildman–Crippen LogP) is 3.08. The van der Waals surface area contributed by atoms with E-state index < -0.39 is 5.97 Å². The van der Waals surface area contributed by atoms with Crippen LogP contribution in [0.2, 0.25) is 5.15 Å². The lowest BCUT2D eigenvalue weighted by atomic mass is 10.1. The van der Waals surface area contributed by atoms with Crippen LogP contribution in [-0.2, 0) is 4.74 Å². The number of benzene rings is 1. The zero-order valence-electron chi connectivity index (χ0n) is 11.5. The highest BCUT2D eigenvalue weighted by Crippen LogP contribution is 2.19. The van der Waals surface area contributed by atoms with E-state index in [1.54, 1.807) is 24.3 Å². The van der Waals surface area contributed by atoms with Gasteiger partial charge in [-0.1, -0.05) is 23.2 Å². The molecule has 1 aromatic carbocycles. The Kier molecular flexibility index (Phi) is 4.55. The lowest BCUT2D eigenvalue weighted by Crippen LogP contribution is -2.15. The van der Waals surface area contributed by atoms with E-state index >= 15 is 0 Å². The standard InChI is InChI=1S/C15H13ClN2O3/c1-9-3-5-12(11(7-9)15(20)21-2)18-14(19)10-4-6-13(16)17-8-10/h3-8H,1-2H3,(H,18,19). The third-order valence-electron chi connectivity index (χ3n) is 2.82. The number of carbonyl (C=O) groups excluding carboxylic acids is 2. The summed E-state index contributed by atoms with van der Waals surface area (Å²) in [6.07, 6.45) is 1.36. The van der Waals surface area contributed by atoms with Crippen LogP contribution in [0, 0.1) is 6.92 Å². The number of methoxy groups -OCH3 is 1. The number of halogens is 1. The summed E-state index contributed by atoms with van der Waals surface area (Å²) < 4.78 is 4.71. The topological polar surface area (TPSA) is 68.3 Å². The van der Waals surface area contributed by atoms with Gasteiger partial charge in [-0.2, -0.15) is 0 Å². The summed E-state index contributed by atoms with van der Waals surface area (Å²) >= 11 is 5.68. The van der Waals surface area contributed by atoms with Crippen molar-refractivity contribution in [2.45, 2.75) is 6.92 Å². The van der Waals surface area contributed by atoms with Crippen LogP contribution < -0.4 is 5.32 Å². The number of aromatic nitrogens is 1. The van der Waals surface area contributed by atoms with Crippen molar-refractivity contribution in [1.29, 1.82) is 0 Å². The number of nitrogens with zero attached hydrogens (tertiary/aromatic N) is 1. The smallest absolute Gasteiger partial charge is 0.339 e. The third-order valence-corrected chi connectivity index (χ3v) is 3.04. The largest absolute Gasteiger partial charge is 0.465 e. The van der Waals surface area contributed by atoms with Gasteiger partial charge in [0.15, 0.2) is 0 Å². The number of ether oxygens (including phenoxy) is 1. The summed E-state index contributed by atoms with van der Waals surface area (Å²) in [5, 5.41) is 2.97. The van der Waals surface area contributed by atoms with E-state index in [-0.39, 0.29) is 5.91 Å². The quantitative estimate of drug-likeness (QED) is 0.699. The molecule has 108 valence electrons. The molecule has 0 saturated heterocycles. The number of aryl methyl sites for hydroxylation is 1. The van der Waals surface area contributed by atoms with Gasteiger partial charge < -0.3 is 10.1 Å². The first kappa shape index (κ1) is 15.0. The fraction of sp³-hybridized carbons (Fsp3) is 0.133. The molecule has 6 heteroatoms. The van der Waals surface area contributed by atoms with Crippen molar-refractivity contribution in [3.8, 4) is 0 Å². The first-order valence-corrected chi connectivity index (χ1v) is 6.51. The molecule has 0 unspecified atom stereocenters. The molecule has 0 atom stereocenters. The zero-order chi connectivity index (χ0) is 15.4. The number of rotatable bonds is 3. The van der Waals surface area contributed by atoms with Gasteiger partial charge in [0.05, 0.1) is 23.9 Å². The van der Waals surface area contributed by atoms with Gasteiger partial charge >= 0.3 is 5.97 Å². The van der Waals surface area contributed by atoms with Crippen molar-refractivity contribution in [1.82, 2.24) is 4.98 Å². The molecular weight excluding hydrogens is 292 g/mol. The molecule has 1 heterocycles. The van der Waals surface area contributed by atoms with E-state index in [1.807, 2.05) is 6.92 Å². The molecular formula is C15H13ClN2O3. The van der Waals surface area contributed by atoms with Crippen molar-refractivity contribution in [3.05, 3.63) is 58.4 Å². The Hall–Kier alpha value is -2.40. The number of anilines is 1. The van der Waals surface area contributed by atoms with Crippen LogP contribution in [0.3, 0.4) is 0 Å². The minimum Gasteiger partial charge on any atom is -0.465 e. The summed E-state index contributed by atoms with van der Waals surface area (Å²) in [5.74, 6) is -0.892.